The van der Waals surface area contributed by atoms with E-state index in [1.165, 1.54) is 5.69 Å². The number of pyridine rings is 1. The Kier molecular flexibility index (Phi) is 5.84. The summed E-state index contributed by atoms with van der Waals surface area (Å²) in [6.07, 6.45) is 1.83. The minimum Gasteiger partial charge on any atom is -0.494 e. The molecular formula is C27H26N4OS. The molecule has 0 spiro atoms. The van der Waals surface area contributed by atoms with Crippen molar-refractivity contribution in [2.75, 3.05) is 11.5 Å². The van der Waals surface area contributed by atoms with Gasteiger partial charge in [0.2, 0.25) is 0 Å². The molecule has 0 saturated carbocycles. The maximum absolute atomic E-state index is 5.87. The first kappa shape index (κ1) is 21.2. The second-order valence-electron chi connectivity index (χ2n) is 7.99. The lowest BCUT2D eigenvalue weighted by Crippen LogP contribution is -2.30. The number of anilines is 1. The molecule has 6 heteroatoms. The first-order chi connectivity index (χ1) is 16.2. The molecule has 1 aliphatic rings. The molecule has 3 heterocycles. The number of thiocarbonyl (C=S) groups is 1. The molecule has 4 aromatic rings. The highest BCUT2D eigenvalue weighted by molar-refractivity contribution is 7.80. The molecule has 166 valence electrons. The lowest BCUT2D eigenvalue weighted by atomic mass is 10.0. The maximum atomic E-state index is 5.87. The molecule has 1 fully saturated rings. The van der Waals surface area contributed by atoms with E-state index in [1.807, 2.05) is 43.5 Å². The van der Waals surface area contributed by atoms with Gasteiger partial charge in [0.05, 0.1) is 18.3 Å². The van der Waals surface area contributed by atoms with Crippen LogP contribution in [-0.2, 0) is 0 Å². The summed E-state index contributed by atoms with van der Waals surface area (Å²) in [6, 6.07) is 28.7. The number of ether oxygens (including phenoxy) is 1. The number of nitrogens with one attached hydrogen (secondary N) is 1. The van der Waals surface area contributed by atoms with Crippen LogP contribution in [0.15, 0.2) is 91.1 Å². The lowest BCUT2D eigenvalue weighted by Gasteiger charge is -2.29. The summed E-state index contributed by atoms with van der Waals surface area (Å²) in [6.45, 7) is 4.76. The van der Waals surface area contributed by atoms with Gasteiger partial charge in [0.25, 0.3) is 0 Å². The molecular weight excluding hydrogens is 428 g/mol. The van der Waals surface area contributed by atoms with Crippen molar-refractivity contribution in [3.63, 3.8) is 0 Å². The van der Waals surface area contributed by atoms with Crippen molar-refractivity contribution in [3.8, 4) is 11.4 Å². The van der Waals surface area contributed by atoms with Crippen molar-refractivity contribution < 1.29 is 4.74 Å². The van der Waals surface area contributed by atoms with E-state index in [1.54, 1.807) is 0 Å². The van der Waals surface area contributed by atoms with Gasteiger partial charge in [0.1, 0.15) is 11.8 Å². The molecule has 2 aromatic heterocycles. The van der Waals surface area contributed by atoms with E-state index < -0.39 is 0 Å². The summed E-state index contributed by atoms with van der Waals surface area (Å²) in [4.78, 5) is 6.86. The van der Waals surface area contributed by atoms with Gasteiger partial charge in [-0.05, 0) is 86.7 Å². The zero-order chi connectivity index (χ0) is 22.8. The highest BCUT2D eigenvalue weighted by Gasteiger charge is 2.42. The molecule has 33 heavy (non-hydrogen) atoms. The van der Waals surface area contributed by atoms with Crippen LogP contribution in [0.5, 0.6) is 5.75 Å². The SMILES string of the molecule is CCOc1ccc(N2C(=S)N[C@H](c3ccccn3)[C@@H]2c2ccc(C)n2-c2ccccc2)cc1. The fourth-order valence-corrected chi connectivity index (χ4v) is 4.87. The van der Waals surface area contributed by atoms with E-state index in [0.29, 0.717) is 11.7 Å². The number of rotatable bonds is 6. The van der Waals surface area contributed by atoms with Gasteiger partial charge in [-0.25, -0.2) is 0 Å². The van der Waals surface area contributed by atoms with Crippen LogP contribution < -0.4 is 15.0 Å². The molecule has 0 aliphatic carbocycles. The van der Waals surface area contributed by atoms with Crippen LogP contribution in [0.2, 0.25) is 0 Å². The molecule has 1 aliphatic heterocycles. The van der Waals surface area contributed by atoms with E-state index in [0.717, 1.165) is 28.5 Å². The van der Waals surface area contributed by atoms with Gasteiger partial charge in [-0.1, -0.05) is 24.3 Å². The van der Waals surface area contributed by atoms with Gasteiger partial charge in [0, 0.05) is 29.0 Å². The van der Waals surface area contributed by atoms with E-state index in [-0.39, 0.29) is 12.1 Å². The molecule has 1 saturated heterocycles. The minimum atomic E-state index is -0.0953. The van der Waals surface area contributed by atoms with Crippen LogP contribution in [0.4, 0.5) is 5.69 Å². The van der Waals surface area contributed by atoms with E-state index in [4.69, 9.17) is 17.0 Å². The largest absolute Gasteiger partial charge is 0.494 e. The Hall–Kier alpha value is -3.64. The Balaban J connectivity index is 1.65. The predicted octanol–water partition coefficient (Wildman–Crippen LogP) is 5.76. The topological polar surface area (TPSA) is 42.3 Å². The van der Waals surface area contributed by atoms with Crippen molar-refractivity contribution in [3.05, 3.63) is 108 Å². The molecule has 5 nitrogen and oxygen atoms in total. The fourth-order valence-electron chi connectivity index (χ4n) is 4.52. The highest BCUT2D eigenvalue weighted by atomic mass is 32.1. The molecule has 0 bridgehead atoms. The maximum Gasteiger partial charge on any atom is 0.174 e. The summed E-state index contributed by atoms with van der Waals surface area (Å²) in [5.41, 5.74) is 5.41. The van der Waals surface area contributed by atoms with Crippen molar-refractivity contribution in [1.29, 1.82) is 0 Å². The predicted molar refractivity (Wildman–Crippen MR) is 136 cm³/mol. The van der Waals surface area contributed by atoms with Crippen LogP contribution in [0.25, 0.3) is 5.69 Å². The Morgan fingerprint density at radius 3 is 2.36 bits per heavy atom. The van der Waals surface area contributed by atoms with E-state index >= 15 is 0 Å². The highest BCUT2D eigenvalue weighted by Crippen LogP contribution is 2.43. The first-order valence-electron chi connectivity index (χ1n) is 11.1. The number of nitrogens with zero attached hydrogens (tertiary/aromatic N) is 3. The normalized spacial score (nSPS) is 17.8. The second-order valence-corrected chi connectivity index (χ2v) is 8.38. The number of benzene rings is 2. The van der Waals surface area contributed by atoms with Crippen molar-refractivity contribution in [2.24, 2.45) is 0 Å². The summed E-state index contributed by atoms with van der Waals surface area (Å²) in [7, 11) is 0. The Bertz CT molecular complexity index is 1240. The smallest absolute Gasteiger partial charge is 0.174 e. The monoisotopic (exact) mass is 454 g/mol. The van der Waals surface area contributed by atoms with E-state index in [2.05, 4.69) is 81.3 Å². The molecule has 2 aromatic carbocycles. The second kappa shape index (κ2) is 9.08. The van der Waals surface area contributed by atoms with Crippen LogP contribution in [0.3, 0.4) is 0 Å². The molecule has 1 N–H and O–H groups in total. The standard InChI is InChI=1S/C27H26N4OS/c1-3-32-22-15-13-21(14-16-22)31-26(25(29-27(31)33)23-11-7-8-18-28-23)24-17-12-19(2)30(24)20-9-5-4-6-10-20/h4-18,25-26H,3H2,1-2H3,(H,29,33)/t25-,26+/m1/s1. The molecule has 5 rings (SSSR count). The van der Waals surface area contributed by atoms with Gasteiger partial charge in [-0.15, -0.1) is 0 Å². The quantitative estimate of drug-likeness (QED) is 0.376. The number of aryl methyl sites for hydroxylation is 1. The lowest BCUT2D eigenvalue weighted by molar-refractivity contribution is 0.340. The van der Waals surface area contributed by atoms with Crippen LogP contribution >= 0.6 is 12.2 Å². The van der Waals surface area contributed by atoms with Gasteiger partial charge in [-0.2, -0.15) is 0 Å². The third kappa shape index (κ3) is 3.98. The molecule has 2 atom stereocenters. The Labute approximate surface area is 199 Å². The van der Waals surface area contributed by atoms with Crippen molar-refractivity contribution >= 4 is 23.0 Å². The third-order valence-corrected chi connectivity index (χ3v) is 6.26. The summed E-state index contributed by atoms with van der Waals surface area (Å²) < 4.78 is 7.95. The van der Waals surface area contributed by atoms with Gasteiger partial charge >= 0.3 is 0 Å². The Morgan fingerprint density at radius 2 is 1.67 bits per heavy atom. The van der Waals surface area contributed by atoms with Crippen molar-refractivity contribution in [1.82, 2.24) is 14.9 Å². The van der Waals surface area contributed by atoms with Gasteiger partial charge < -0.3 is 19.5 Å². The average molecular weight is 455 g/mol. The van der Waals surface area contributed by atoms with Crippen LogP contribution in [0.1, 0.15) is 36.1 Å². The molecule has 0 radical (unpaired) electrons. The molecule has 0 unspecified atom stereocenters. The zero-order valence-electron chi connectivity index (χ0n) is 18.7. The van der Waals surface area contributed by atoms with Crippen LogP contribution in [-0.4, -0.2) is 21.3 Å². The number of hydrogen-bond acceptors (Lipinski definition) is 3. The minimum absolute atomic E-state index is 0.0840. The summed E-state index contributed by atoms with van der Waals surface area (Å²) in [5, 5.41) is 4.22. The summed E-state index contributed by atoms with van der Waals surface area (Å²) >= 11 is 5.87. The van der Waals surface area contributed by atoms with Gasteiger partial charge in [-0.3, -0.25) is 4.98 Å². The van der Waals surface area contributed by atoms with Crippen LogP contribution in [0, 0.1) is 6.92 Å². The zero-order valence-corrected chi connectivity index (χ0v) is 19.5. The fraction of sp³-hybridized carbons (Fsp3) is 0.185. The van der Waals surface area contributed by atoms with E-state index in [9.17, 15) is 0 Å². The average Bonchev–Trinajstić information content (AvgIpc) is 3.40. The number of aromatic nitrogens is 2. The number of para-hydroxylation sites is 1. The summed E-state index contributed by atoms with van der Waals surface area (Å²) in [5.74, 6) is 0.848. The number of hydrogen-bond donors (Lipinski definition) is 1. The third-order valence-electron chi connectivity index (χ3n) is 5.95. The van der Waals surface area contributed by atoms with Crippen molar-refractivity contribution in [2.45, 2.75) is 25.9 Å². The first-order valence-corrected chi connectivity index (χ1v) is 11.6. The Morgan fingerprint density at radius 1 is 0.909 bits per heavy atom. The van der Waals surface area contributed by atoms with Gasteiger partial charge in [0.15, 0.2) is 5.11 Å². The molecule has 0 amide bonds.